The lowest BCUT2D eigenvalue weighted by molar-refractivity contribution is -0.137. The minimum absolute atomic E-state index is 0.229. The van der Waals surface area contributed by atoms with Crippen molar-refractivity contribution in [3.8, 4) is 0 Å². The molecule has 1 saturated heterocycles. The maximum Gasteiger partial charge on any atom is 0.416 e. The molecule has 176 valence electrons. The van der Waals surface area contributed by atoms with Crippen molar-refractivity contribution >= 4 is 24.0 Å². The minimum Gasteiger partial charge on any atom is -0.444 e. The summed E-state index contributed by atoms with van der Waals surface area (Å²) in [5, 5.41) is 2.47. The van der Waals surface area contributed by atoms with Gasteiger partial charge in [-0.15, -0.1) is 0 Å². The number of benzene rings is 1. The fourth-order valence-corrected chi connectivity index (χ4v) is 3.10. The van der Waals surface area contributed by atoms with Gasteiger partial charge in [0.2, 0.25) is 11.8 Å². The number of ether oxygens (including phenoxy) is 1. The lowest BCUT2D eigenvalue weighted by Gasteiger charge is -2.40. The Hall–Kier alpha value is -3.04. The van der Waals surface area contributed by atoms with Crippen LogP contribution < -0.4 is 5.32 Å². The normalized spacial score (nSPS) is 17.4. The summed E-state index contributed by atoms with van der Waals surface area (Å²) in [7, 11) is 0. The van der Waals surface area contributed by atoms with Crippen molar-refractivity contribution in [1.29, 1.82) is 0 Å². The van der Waals surface area contributed by atoms with Crippen LogP contribution in [-0.2, 0) is 20.5 Å². The van der Waals surface area contributed by atoms with Crippen molar-refractivity contribution in [3.05, 3.63) is 41.5 Å². The fourth-order valence-electron chi connectivity index (χ4n) is 3.10. The second kappa shape index (κ2) is 10.1. The molecule has 0 radical (unpaired) electrons. The van der Waals surface area contributed by atoms with Gasteiger partial charge in [0.1, 0.15) is 5.60 Å². The van der Waals surface area contributed by atoms with Gasteiger partial charge in [-0.05, 0) is 51.5 Å². The van der Waals surface area contributed by atoms with E-state index >= 15 is 0 Å². The molecular formula is C22H28F3N3O4. The van der Waals surface area contributed by atoms with E-state index < -0.39 is 29.3 Å². The Morgan fingerprint density at radius 3 is 2.28 bits per heavy atom. The number of halogens is 3. The largest absolute Gasteiger partial charge is 0.444 e. The first-order chi connectivity index (χ1) is 14.8. The van der Waals surface area contributed by atoms with Gasteiger partial charge < -0.3 is 19.9 Å². The van der Waals surface area contributed by atoms with Crippen LogP contribution in [0.4, 0.5) is 18.0 Å². The quantitative estimate of drug-likeness (QED) is 0.707. The molecule has 1 aromatic rings. The van der Waals surface area contributed by atoms with Crippen LogP contribution in [0.1, 0.15) is 38.8 Å². The zero-order chi connectivity index (χ0) is 24.1. The van der Waals surface area contributed by atoms with Gasteiger partial charge in [0, 0.05) is 31.8 Å². The topological polar surface area (TPSA) is 79.0 Å². The molecule has 0 aliphatic carbocycles. The number of rotatable bonds is 4. The molecule has 10 heteroatoms. The van der Waals surface area contributed by atoms with Crippen molar-refractivity contribution in [1.82, 2.24) is 15.1 Å². The number of carbonyl (C=O) groups is 3. The number of hydrogen-bond acceptors (Lipinski definition) is 4. The fraction of sp³-hybridized carbons (Fsp3) is 0.500. The van der Waals surface area contributed by atoms with Crippen LogP contribution in [0.3, 0.4) is 0 Å². The molecule has 1 unspecified atom stereocenters. The molecule has 1 aromatic carbocycles. The Morgan fingerprint density at radius 1 is 1.12 bits per heavy atom. The number of carbonyl (C=O) groups excluding carboxylic acids is 3. The number of piperazine rings is 1. The molecule has 32 heavy (non-hydrogen) atoms. The van der Waals surface area contributed by atoms with E-state index in [2.05, 4.69) is 5.32 Å². The molecule has 0 spiro atoms. The first-order valence-corrected chi connectivity index (χ1v) is 10.2. The van der Waals surface area contributed by atoms with Crippen LogP contribution in [0.5, 0.6) is 0 Å². The standard InChI is InChI=1S/C22H28F3N3O4/c1-15-14-27(20(31)32-21(2,3)4)11-12-28(15)19(30)13-26-18(29)10-7-16-5-8-17(9-6-16)22(23,24)25/h5-10,15H,11-14H2,1-4H3,(H,26,29)/b10-7+. The van der Waals surface area contributed by atoms with E-state index in [1.165, 1.54) is 18.2 Å². The zero-order valence-electron chi connectivity index (χ0n) is 18.5. The van der Waals surface area contributed by atoms with E-state index in [1.807, 2.05) is 0 Å². The summed E-state index contributed by atoms with van der Waals surface area (Å²) in [6.45, 7) is 7.88. The minimum atomic E-state index is -4.42. The highest BCUT2D eigenvalue weighted by Crippen LogP contribution is 2.29. The van der Waals surface area contributed by atoms with E-state index in [-0.39, 0.29) is 18.5 Å². The molecule has 0 aromatic heterocycles. The Kier molecular flexibility index (Phi) is 7.92. The summed E-state index contributed by atoms with van der Waals surface area (Å²) in [5.41, 5.74) is -0.956. The van der Waals surface area contributed by atoms with Crippen LogP contribution >= 0.6 is 0 Å². The molecule has 2 rings (SSSR count). The van der Waals surface area contributed by atoms with E-state index in [4.69, 9.17) is 4.74 Å². The number of alkyl halides is 3. The first kappa shape index (κ1) is 25.2. The molecule has 1 heterocycles. The van der Waals surface area contributed by atoms with Crippen LogP contribution in [0.15, 0.2) is 30.3 Å². The van der Waals surface area contributed by atoms with Gasteiger partial charge in [-0.2, -0.15) is 13.2 Å². The van der Waals surface area contributed by atoms with Gasteiger partial charge in [-0.25, -0.2) is 4.79 Å². The molecule has 1 atom stereocenters. The van der Waals surface area contributed by atoms with Crippen molar-refractivity contribution < 1.29 is 32.3 Å². The molecule has 0 bridgehead atoms. The van der Waals surface area contributed by atoms with Crippen molar-refractivity contribution in [2.45, 2.75) is 45.5 Å². The van der Waals surface area contributed by atoms with Gasteiger partial charge in [0.25, 0.3) is 0 Å². The molecule has 1 aliphatic heterocycles. The van der Waals surface area contributed by atoms with Gasteiger partial charge >= 0.3 is 12.3 Å². The molecule has 1 fully saturated rings. The summed E-state index contributed by atoms with van der Waals surface area (Å²) >= 11 is 0. The lowest BCUT2D eigenvalue weighted by Crippen LogP contribution is -2.57. The highest BCUT2D eigenvalue weighted by atomic mass is 19.4. The number of nitrogens with one attached hydrogen (secondary N) is 1. The average molecular weight is 455 g/mol. The summed E-state index contributed by atoms with van der Waals surface area (Å²) in [6.07, 6.45) is -2.34. The number of amides is 3. The predicted octanol–water partition coefficient (Wildman–Crippen LogP) is 3.30. The molecule has 1 N–H and O–H groups in total. The maximum absolute atomic E-state index is 12.6. The van der Waals surface area contributed by atoms with Gasteiger partial charge in [-0.1, -0.05) is 12.1 Å². The molecule has 7 nitrogen and oxygen atoms in total. The van der Waals surface area contributed by atoms with Crippen LogP contribution in [-0.4, -0.2) is 65.5 Å². The molecule has 1 aliphatic rings. The summed E-state index contributed by atoms with van der Waals surface area (Å²) in [5.74, 6) is -0.837. The first-order valence-electron chi connectivity index (χ1n) is 10.2. The third kappa shape index (κ3) is 7.58. The van der Waals surface area contributed by atoms with Crippen LogP contribution in [0.2, 0.25) is 0 Å². The van der Waals surface area contributed by atoms with E-state index in [1.54, 1.807) is 37.5 Å². The summed E-state index contributed by atoms with van der Waals surface area (Å²) < 4.78 is 43.1. The van der Waals surface area contributed by atoms with Crippen molar-refractivity contribution in [3.63, 3.8) is 0 Å². The summed E-state index contributed by atoms with van der Waals surface area (Å²) in [6, 6.07) is 4.12. The third-order valence-corrected chi connectivity index (χ3v) is 4.68. The van der Waals surface area contributed by atoms with Gasteiger partial charge in [-0.3, -0.25) is 9.59 Å². The molecule has 3 amide bonds. The van der Waals surface area contributed by atoms with E-state index in [0.717, 1.165) is 18.2 Å². The van der Waals surface area contributed by atoms with E-state index in [9.17, 15) is 27.6 Å². The maximum atomic E-state index is 12.6. The Balaban J connectivity index is 1.81. The second-order valence-electron chi connectivity index (χ2n) is 8.53. The van der Waals surface area contributed by atoms with Crippen molar-refractivity contribution in [2.24, 2.45) is 0 Å². The van der Waals surface area contributed by atoms with Crippen molar-refractivity contribution in [2.75, 3.05) is 26.2 Å². The number of nitrogens with zero attached hydrogens (tertiary/aromatic N) is 2. The lowest BCUT2D eigenvalue weighted by atomic mass is 10.1. The Bertz CT molecular complexity index is 861. The van der Waals surface area contributed by atoms with Gasteiger partial charge in [0.15, 0.2) is 0 Å². The second-order valence-corrected chi connectivity index (χ2v) is 8.53. The molecular weight excluding hydrogens is 427 g/mol. The van der Waals surface area contributed by atoms with E-state index in [0.29, 0.717) is 25.2 Å². The monoisotopic (exact) mass is 455 g/mol. The van der Waals surface area contributed by atoms with Crippen LogP contribution in [0.25, 0.3) is 6.08 Å². The average Bonchev–Trinajstić information content (AvgIpc) is 2.68. The number of hydrogen-bond donors (Lipinski definition) is 1. The predicted molar refractivity (Wildman–Crippen MR) is 112 cm³/mol. The molecule has 0 saturated carbocycles. The van der Waals surface area contributed by atoms with Gasteiger partial charge in [0.05, 0.1) is 12.1 Å². The summed E-state index contributed by atoms with van der Waals surface area (Å²) in [4.78, 5) is 39.8. The van der Waals surface area contributed by atoms with Crippen LogP contribution in [0, 0.1) is 0 Å². The highest BCUT2D eigenvalue weighted by molar-refractivity contribution is 5.94. The Morgan fingerprint density at radius 2 is 1.75 bits per heavy atom. The zero-order valence-corrected chi connectivity index (χ0v) is 18.5. The highest BCUT2D eigenvalue weighted by Gasteiger charge is 2.32. The smallest absolute Gasteiger partial charge is 0.416 e. The SMILES string of the molecule is CC1CN(C(=O)OC(C)(C)C)CCN1C(=O)CNC(=O)/C=C/c1ccc(C(F)(F)F)cc1. The third-order valence-electron chi connectivity index (χ3n) is 4.68. The Labute approximate surface area is 185 Å².